The summed E-state index contributed by atoms with van der Waals surface area (Å²) >= 11 is 2.06. The van der Waals surface area contributed by atoms with Gasteiger partial charge in [-0.05, 0) is 0 Å². The zero-order chi connectivity index (χ0) is 5.82. The molecule has 0 unspecified atom stereocenters. The van der Waals surface area contributed by atoms with Crippen molar-refractivity contribution in [3.8, 4) is 0 Å². The average molecular weight is 100 g/mol. The Bertz CT molecular complexity index is 152. The van der Waals surface area contributed by atoms with Gasteiger partial charge in [-0.25, -0.2) is 0 Å². The first-order chi connectivity index (χ1) is 3.93. The van der Waals surface area contributed by atoms with Crippen LogP contribution < -0.4 is 0 Å². The van der Waals surface area contributed by atoms with E-state index < -0.39 is 0 Å². The van der Waals surface area contributed by atoms with Crippen molar-refractivity contribution in [1.82, 2.24) is 9.97 Å². The van der Waals surface area contributed by atoms with Gasteiger partial charge in [-0.2, -0.15) is 0 Å². The Balaban J connectivity index is 2.83. The van der Waals surface area contributed by atoms with Crippen LogP contribution in [0.15, 0.2) is 18.6 Å². The van der Waals surface area contributed by atoms with Crippen molar-refractivity contribution in [1.29, 1.82) is 0 Å². The fraction of sp³-hybridized carbons (Fsp3) is 0.200. The molecule has 1 heterocycles. The Morgan fingerprint density at radius 3 is 2.75 bits per heavy atom. The standard InChI is InChI=1S/C5H5N2.Li/c1-5-4-6-2-3-7-5;/h2-4H,1H2;. The molecule has 0 aliphatic heterocycles. The van der Waals surface area contributed by atoms with Crippen LogP contribution in [-0.4, -0.2) is 27.7 Å². The Morgan fingerprint density at radius 2 is 2.38 bits per heavy atom. The Morgan fingerprint density at radius 1 is 1.50 bits per heavy atom. The maximum absolute atomic E-state index is 4.03. The van der Waals surface area contributed by atoms with E-state index in [1.165, 1.54) is 0 Å². The second kappa shape index (κ2) is 2.86. The molecule has 0 amide bonds. The molecule has 0 aromatic carbocycles. The van der Waals surface area contributed by atoms with E-state index in [1.54, 1.807) is 18.6 Å². The van der Waals surface area contributed by atoms with Crippen molar-refractivity contribution in [2.24, 2.45) is 0 Å². The number of hydrogen-bond acceptors (Lipinski definition) is 2. The van der Waals surface area contributed by atoms with E-state index >= 15 is 0 Å². The van der Waals surface area contributed by atoms with Crippen LogP contribution in [-0.2, 0) is 5.09 Å². The van der Waals surface area contributed by atoms with Crippen molar-refractivity contribution in [3.05, 3.63) is 24.3 Å². The van der Waals surface area contributed by atoms with Crippen molar-refractivity contribution < 1.29 is 0 Å². The van der Waals surface area contributed by atoms with Crippen molar-refractivity contribution in [2.45, 2.75) is 5.09 Å². The summed E-state index contributed by atoms with van der Waals surface area (Å²) in [6.07, 6.45) is 5.16. The van der Waals surface area contributed by atoms with Crippen LogP contribution in [0.1, 0.15) is 5.69 Å². The molecule has 1 aromatic rings. The topological polar surface area (TPSA) is 25.8 Å². The summed E-state index contributed by atoms with van der Waals surface area (Å²) in [4.78, 5) is 7.93. The van der Waals surface area contributed by atoms with Crippen LogP contribution in [0.5, 0.6) is 0 Å². The van der Waals surface area contributed by atoms with Gasteiger partial charge < -0.3 is 0 Å². The molecule has 0 saturated heterocycles. The molecule has 3 heteroatoms. The van der Waals surface area contributed by atoms with Crippen molar-refractivity contribution in [2.75, 3.05) is 0 Å². The molecule has 0 atom stereocenters. The zero-order valence-electron chi connectivity index (χ0n) is 4.83. The van der Waals surface area contributed by atoms with Gasteiger partial charge in [0.2, 0.25) is 0 Å². The molecule has 8 heavy (non-hydrogen) atoms. The van der Waals surface area contributed by atoms with Gasteiger partial charge in [0.05, 0.1) is 0 Å². The molecule has 0 fully saturated rings. The van der Waals surface area contributed by atoms with E-state index in [4.69, 9.17) is 0 Å². The summed E-state index contributed by atoms with van der Waals surface area (Å²) in [6, 6.07) is 0. The molecule has 0 spiro atoms. The first-order valence-electron chi connectivity index (χ1n) is 2.68. The van der Waals surface area contributed by atoms with Gasteiger partial charge >= 0.3 is 57.1 Å². The van der Waals surface area contributed by atoms with Crippen molar-refractivity contribution in [3.63, 3.8) is 0 Å². The van der Waals surface area contributed by atoms with Crippen molar-refractivity contribution >= 4 is 17.7 Å². The third-order valence-corrected chi connectivity index (χ3v) is 0.979. The average Bonchev–Trinajstić information content (AvgIpc) is 1.90. The third kappa shape index (κ3) is 1.33. The van der Waals surface area contributed by atoms with Crippen LogP contribution in [0.2, 0.25) is 0 Å². The van der Waals surface area contributed by atoms with Gasteiger partial charge in [-0.1, -0.05) is 0 Å². The first kappa shape index (κ1) is 5.81. The first-order valence-corrected chi connectivity index (χ1v) is 2.68. The molecule has 2 nitrogen and oxygen atoms in total. The number of nitrogens with zero attached hydrogens (tertiary/aromatic N) is 2. The summed E-state index contributed by atoms with van der Waals surface area (Å²) in [7, 11) is 0. The summed E-state index contributed by atoms with van der Waals surface area (Å²) < 4.78 is 0. The second-order valence-corrected chi connectivity index (χ2v) is 1.55. The molecule has 0 bridgehead atoms. The second-order valence-electron chi connectivity index (χ2n) is 1.55. The van der Waals surface area contributed by atoms with Crippen LogP contribution >= 0.6 is 0 Å². The van der Waals surface area contributed by atoms with E-state index in [9.17, 15) is 0 Å². The molecule has 1 rings (SSSR count). The monoisotopic (exact) mass is 100 g/mol. The van der Waals surface area contributed by atoms with E-state index in [1.807, 2.05) is 0 Å². The van der Waals surface area contributed by atoms with Crippen LogP contribution in [0.4, 0.5) is 0 Å². The third-order valence-electron chi connectivity index (χ3n) is 0.979. The number of rotatable bonds is 1. The Hall–Kier alpha value is -0.323. The molecule has 0 aliphatic rings. The fourth-order valence-corrected chi connectivity index (χ4v) is 0.513. The summed E-state index contributed by atoms with van der Waals surface area (Å²) in [6.45, 7) is 0. The summed E-state index contributed by atoms with van der Waals surface area (Å²) in [5, 5.41) is 0.966. The molecular formula is C5H5LiN2. The van der Waals surface area contributed by atoms with E-state index in [0.29, 0.717) is 0 Å². The minimum absolute atomic E-state index is 0.966. The summed E-state index contributed by atoms with van der Waals surface area (Å²) in [5.41, 5.74) is 1.05. The summed E-state index contributed by atoms with van der Waals surface area (Å²) in [5.74, 6) is 0. The van der Waals surface area contributed by atoms with Gasteiger partial charge in [0.25, 0.3) is 0 Å². The fourth-order valence-electron chi connectivity index (χ4n) is 0.513. The Kier molecular flexibility index (Phi) is 2.08. The van der Waals surface area contributed by atoms with Gasteiger partial charge in [0, 0.05) is 0 Å². The molecule has 36 valence electrons. The zero-order valence-corrected chi connectivity index (χ0v) is 4.83. The predicted octanol–water partition coefficient (Wildman–Crippen LogP) is 0.145. The van der Waals surface area contributed by atoms with E-state index in [0.717, 1.165) is 10.8 Å². The molecule has 0 radical (unpaired) electrons. The number of hydrogen-bond donors (Lipinski definition) is 0. The van der Waals surface area contributed by atoms with Gasteiger partial charge in [0.1, 0.15) is 0 Å². The number of aromatic nitrogens is 2. The molecule has 0 N–H and O–H groups in total. The Labute approximate surface area is 57.6 Å². The predicted molar refractivity (Wildman–Crippen MR) is 31.5 cm³/mol. The maximum atomic E-state index is 4.03. The minimum atomic E-state index is 0.966. The SMILES string of the molecule is [Li][CH2]c1cnccn1. The van der Waals surface area contributed by atoms with Crippen LogP contribution in [0.25, 0.3) is 0 Å². The molecule has 0 aliphatic carbocycles. The quantitative estimate of drug-likeness (QED) is 0.469. The molecule has 1 aromatic heterocycles. The van der Waals surface area contributed by atoms with Gasteiger partial charge in [-0.3, -0.25) is 0 Å². The van der Waals surface area contributed by atoms with E-state index in [-0.39, 0.29) is 0 Å². The normalized spacial score (nSPS) is 9.25. The van der Waals surface area contributed by atoms with Crippen LogP contribution in [0, 0.1) is 0 Å². The van der Waals surface area contributed by atoms with Crippen LogP contribution in [0.3, 0.4) is 0 Å². The van der Waals surface area contributed by atoms with E-state index in [2.05, 4.69) is 27.7 Å². The molecular weight excluding hydrogens is 95.0 g/mol. The van der Waals surface area contributed by atoms with Gasteiger partial charge in [0.15, 0.2) is 0 Å². The molecule has 0 saturated carbocycles. The van der Waals surface area contributed by atoms with Gasteiger partial charge in [-0.15, -0.1) is 0 Å².